The van der Waals surface area contributed by atoms with Crippen LogP contribution in [0, 0.1) is 0 Å². The number of carbonyl (C=O) groups is 1. The van der Waals surface area contributed by atoms with E-state index < -0.39 is 9.96 Å². The molecule has 1 rings (SSSR count). The number of amides is 1. The molecule has 3 nitrogen and oxygen atoms in total. The molecule has 0 aliphatic heterocycles. The summed E-state index contributed by atoms with van der Waals surface area (Å²) in [4.78, 5) is 11.9. The molecule has 1 aromatic rings. The highest BCUT2D eigenvalue weighted by atomic mass is 35.6. The Morgan fingerprint density at radius 3 is 2.47 bits per heavy atom. The molecule has 0 heterocycles. The summed E-state index contributed by atoms with van der Waals surface area (Å²) in [7, 11) is 0. The summed E-state index contributed by atoms with van der Waals surface area (Å²) >= 11 is 17.4. The van der Waals surface area contributed by atoms with Crippen molar-refractivity contribution < 1.29 is 4.79 Å². The van der Waals surface area contributed by atoms with E-state index in [1.165, 1.54) is 0 Å². The first-order valence-electron chi connectivity index (χ1n) is 5.67. The van der Waals surface area contributed by atoms with Gasteiger partial charge in [0.1, 0.15) is 6.17 Å². The van der Waals surface area contributed by atoms with E-state index in [2.05, 4.69) is 17.2 Å². The zero-order valence-electron chi connectivity index (χ0n) is 10.2. The maximum absolute atomic E-state index is 11.9. The van der Waals surface area contributed by atoms with Crippen molar-refractivity contribution in [3.63, 3.8) is 0 Å². The monoisotopic (exact) mass is 320 g/mol. The molecule has 1 amide bonds. The number of benzene rings is 1. The third-order valence-electron chi connectivity index (χ3n) is 2.31. The number of nitrogens with one attached hydrogen (secondary N) is 2. The van der Waals surface area contributed by atoms with E-state index >= 15 is 0 Å². The van der Waals surface area contributed by atoms with Crippen LogP contribution in [0.25, 0.3) is 0 Å². The third kappa shape index (κ3) is 6.30. The van der Waals surface area contributed by atoms with E-state index in [0.717, 1.165) is 5.56 Å². The predicted octanol–water partition coefficient (Wildman–Crippen LogP) is 2.82. The first-order chi connectivity index (χ1) is 8.93. The molecule has 19 heavy (non-hydrogen) atoms. The van der Waals surface area contributed by atoms with Crippen LogP contribution in [0.15, 0.2) is 43.0 Å². The van der Waals surface area contributed by atoms with Crippen LogP contribution in [-0.4, -0.2) is 22.4 Å². The first kappa shape index (κ1) is 16.3. The topological polar surface area (TPSA) is 41.1 Å². The molecule has 0 fully saturated rings. The van der Waals surface area contributed by atoms with Gasteiger partial charge in [-0.1, -0.05) is 71.2 Å². The van der Waals surface area contributed by atoms with Gasteiger partial charge in [-0.15, -0.1) is 6.58 Å². The van der Waals surface area contributed by atoms with Crippen LogP contribution >= 0.6 is 34.8 Å². The number of hydrogen-bond acceptors (Lipinski definition) is 2. The highest BCUT2D eigenvalue weighted by Crippen LogP contribution is 2.29. The molecule has 0 aromatic heterocycles. The first-order valence-corrected chi connectivity index (χ1v) is 6.81. The van der Waals surface area contributed by atoms with Gasteiger partial charge in [0.05, 0.1) is 6.42 Å². The zero-order valence-corrected chi connectivity index (χ0v) is 12.5. The van der Waals surface area contributed by atoms with Crippen LogP contribution in [0.3, 0.4) is 0 Å². The van der Waals surface area contributed by atoms with Crippen LogP contribution in [0.2, 0.25) is 0 Å². The van der Waals surface area contributed by atoms with Crippen LogP contribution < -0.4 is 10.6 Å². The summed E-state index contributed by atoms with van der Waals surface area (Å²) in [5.41, 5.74) is 0.895. The Morgan fingerprint density at radius 2 is 1.95 bits per heavy atom. The van der Waals surface area contributed by atoms with E-state index in [0.29, 0.717) is 6.54 Å². The Morgan fingerprint density at radius 1 is 1.32 bits per heavy atom. The summed E-state index contributed by atoms with van der Waals surface area (Å²) in [6.07, 6.45) is 1.08. The summed E-state index contributed by atoms with van der Waals surface area (Å²) < 4.78 is -1.63. The lowest BCUT2D eigenvalue weighted by Crippen LogP contribution is -2.53. The van der Waals surface area contributed by atoms with Gasteiger partial charge in [-0.3, -0.25) is 10.1 Å². The zero-order chi connectivity index (χ0) is 14.3. The Bertz CT molecular complexity index is 418. The van der Waals surface area contributed by atoms with Gasteiger partial charge in [-0.2, -0.15) is 0 Å². The number of hydrogen-bond donors (Lipinski definition) is 2. The van der Waals surface area contributed by atoms with Crippen molar-refractivity contribution in [3.05, 3.63) is 48.6 Å². The highest BCUT2D eigenvalue weighted by molar-refractivity contribution is 6.68. The fraction of sp³-hybridized carbons (Fsp3) is 0.308. The summed E-state index contributed by atoms with van der Waals surface area (Å²) in [5, 5.41) is 5.53. The van der Waals surface area contributed by atoms with E-state index in [9.17, 15) is 4.79 Å². The SMILES string of the molecule is C=CCNC(NC(=O)Cc1ccccc1)C(Cl)(Cl)Cl. The van der Waals surface area contributed by atoms with Gasteiger partial charge in [0, 0.05) is 6.54 Å². The average molecular weight is 322 g/mol. The Labute approximate surface area is 127 Å². The fourth-order valence-electron chi connectivity index (χ4n) is 1.44. The molecule has 0 aliphatic carbocycles. The van der Waals surface area contributed by atoms with Gasteiger partial charge in [-0.25, -0.2) is 0 Å². The quantitative estimate of drug-likeness (QED) is 0.480. The number of halogens is 3. The van der Waals surface area contributed by atoms with Gasteiger partial charge in [0.2, 0.25) is 9.70 Å². The van der Waals surface area contributed by atoms with Crippen molar-refractivity contribution in [1.82, 2.24) is 10.6 Å². The summed E-state index contributed by atoms with van der Waals surface area (Å²) in [5.74, 6) is -0.223. The largest absolute Gasteiger partial charge is 0.336 e. The Hall–Kier alpha value is -0.740. The maximum atomic E-state index is 11.9. The lowest BCUT2D eigenvalue weighted by Gasteiger charge is -2.26. The molecule has 6 heteroatoms. The van der Waals surface area contributed by atoms with E-state index in [-0.39, 0.29) is 12.3 Å². The molecule has 1 unspecified atom stereocenters. The molecular weight excluding hydrogens is 307 g/mol. The lowest BCUT2D eigenvalue weighted by atomic mass is 10.1. The smallest absolute Gasteiger partial charge is 0.225 e. The van der Waals surface area contributed by atoms with E-state index in [4.69, 9.17) is 34.8 Å². The number of rotatable bonds is 6. The molecule has 0 spiro atoms. The maximum Gasteiger partial charge on any atom is 0.225 e. The van der Waals surface area contributed by atoms with Crippen molar-refractivity contribution in [1.29, 1.82) is 0 Å². The molecule has 1 atom stereocenters. The second kappa shape index (κ2) is 7.75. The molecule has 0 radical (unpaired) electrons. The number of alkyl halides is 3. The summed E-state index contributed by atoms with van der Waals surface area (Å²) in [6.45, 7) is 3.98. The van der Waals surface area contributed by atoms with Crippen LogP contribution in [-0.2, 0) is 11.2 Å². The minimum atomic E-state index is -1.63. The molecule has 2 N–H and O–H groups in total. The Kier molecular flexibility index (Phi) is 6.66. The fourth-order valence-corrected chi connectivity index (χ4v) is 1.84. The second-order valence-electron chi connectivity index (χ2n) is 3.90. The van der Waals surface area contributed by atoms with Gasteiger partial charge in [0.15, 0.2) is 0 Å². The second-order valence-corrected chi connectivity index (χ2v) is 6.27. The van der Waals surface area contributed by atoms with Gasteiger partial charge < -0.3 is 5.32 Å². The standard InChI is InChI=1S/C13H15Cl3N2O/c1-2-8-17-12(13(14,15)16)18-11(19)9-10-6-4-3-5-7-10/h2-7,12,17H,1,8-9H2,(H,18,19). The predicted molar refractivity (Wildman–Crippen MR) is 80.6 cm³/mol. The van der Waals surface area contributed by atoms with Gasteiger partial charge in [0.25, 0.3) is 0 Å². The summed E-state index contributed by atoms with van der Waals surface area (Å²) in [6, 6.07) is 9.34. The van der Waals surface area contributed by atoms with Crippen molar-refractivity contribution in [2.75, 3.05) is 6.54 Å². The molecule has 0 bridgehead atoms. The minimum Gasteiger partial charge on any atom is -0.336 e. The van der Waals surface area contributed by atoms with Crippen molar-refractivity contribution in [3.8, 4) is 0 Å². The third-order valence-corrected chi connectivity index (χ3v) is 2.96. The number of carbonyl (C=O) groups excluding carboxylic acids is 1. The van der Waals surface area contributed by atoms with Crippen LogP contribution in [0.4, 0.5) is 0 Å². The molecule has 0 saturated carbocycles. The van der Waals surface area contributed by atoms with Crippen LogP contribution in [0.5, 0.6) is 0 Å². The van der Waals surface area contributed by atoms with Crippen molar-refractivity contribution >= 4 is 40.7 Å². The van der Waals surface area contributed by atoms with E-state index in [1.54, 1.807) is 6.08 Å². The average Bonchev–Trinajstić information content (AvgIpc) is 2.34. The lowest BCUT2D eigenvalue weighted by molar-refractivity contribution is -0.121. The normalized spacial score (nSPS) is 12.8. The van der Waals surface area contributed by atoms with Gasteiger partial charge >= 0.3 is 0 Å². The van der Waals surface area contributed by atoms with E-state index in [1.807, 2.05) is 30.3 Å². The molecule has 0 aliphatic rings. The Balaban J connectivity index is 2.58. The van der Waals surface area contributed by atoms with Crippen molar-refractivity contribution in [2.24, 2.45) is 0 Å². The molecular formula is C13H15Cl3N2O. The van der Waals surface area contributed by atoms with Crippen LogP contribution in [0.1, 0.15) is 5.56 Å². The molecule has 1 aromatic carbocycles. The van der Waals surface area contributed by atoms with Gasteiger partial charge in [-0.05, 0) is 5.56 Å². The molecule has 0 saturated heterocycles. The van der Waals surface area contributed by atoms with Crippen molar-refractivity contribution in [2.45, 2.75) is 16.4 Å². The minimum absolute atomic E-state index is 0.223. The highest BCUT2D eigenvalue weighted by Gasteiger charge is 2.33. The molecule has 104 valence electrons.